The Bertz CT molecular complexity index is 426. The number of aliphatic hydroxyl groups is 1. The Morgan fingerprint density at radius 2 is 2.05 bits per heavy atom. The number of ether oxygens (including phenoxy) is 1. The summed E-state index contributed by atoms with van der Waals surface area (Å²) in [4.78, 5) is 2.61. The second-order valence-corrected chi connectivity index (χ2v) is 6.18. The zero-order valence-electron chi connectivity index (χ0n) is 12.6. The molecule has 3 rings (SSSR count). The van der Waals surface area contributed by atoms with E-state index in [-0.39, 0.29) is 0 Å². The van der Waals surface area contributed by atoms with Crippen molar-refractivity contribution in [3.05, 3.63) is 30.3 Å². The first-order valence-electron chi connectivity index (χ1n) is 8.16. The number of hydrogen-bond acceptors (Lipinski definition) is 4. The topological polar surface area (TPSA) is 44.7 Å². The smallest absolute Gasteiger partial charge is 0.119 e. The Morgan fingerprint density at radius 3 is 2.90 bits per heavy atom. The second-order valence-electron chi connectivity index (χ2n) is 6.18. The van der Waals surface area contributed by atoms with Gasteiger partial charge in [-0.05, 0) is 37.9 Å². The summed E-state index contributed by atoms with van der Waals surface area (Å²) in [5, 5.41) is 13.6. The fourth-order valence-electron chi connectivity index (χ4n) is 3.54. The lowest BCUT2D eigenvalue weighted by Gasteiger charge is -2.33. The Kier molecular flexibility index (Phi) is 5.12. The predicted molar refractivity (Wildman–Crippen MR) is 83.6 cm³/mol. The van der Waals surface area contributed by atoms with Crippen LogP contribution in [-0.2, 0) is 0 Å². The van der Waals surface area contributed by atoms with E-state index < -0.39 is 6.10 Å². The van der Waals surface area contributed by atoms with Crippen molar-refractivity contribution in [2.45, 2.75) is 43.9 Å². The molecular formula is C17H26N2O2. The fourth-order valence-corrected chi connectivity index (χ4v) is 3.54. The van der Waals surface area contributed by atoms with Crippen LogP contribution in [0.1, 0.15) is 25.7 Å². The molecule has 0 aliphatic carbocycles. The third-order valence-corrected chi connectivity index (χ3v) is 4.66. The molecule has 1 aromatic rings. The molecule has 116 valence electrons. The molecule has 2 fully saturated rings. The normalized spacial score (nSPS) is 27.3. The van der Waals surface area contributed by atoms with E-state index >= 15 is 0 Å². The highest BCUT2D eigenvalue weighted by Crippen LogP contribution is 2.27. The number of aliphatic hydroxyl groups excluding tert-OH is 1. The molecule has 0 saturated carbocycles. The van der Waals surface area contributed by atoms with Gasteiger partial charge in [-0.1, -0.05) is 24.6 Å². The SMILES string of the molecule is OC(CNC1CCN2CCCCC12)COc1ccccc1. The largest absolute Gasteiger partial charge is 0.491 e. The third kappa shape index (κ3) is 3.96. The maximum atomic E-state index is 10.1. The minimum absolute atomic E-state index is 0.345. The molecule has 0 spiro atoms. The van der Waals surface area contributed by atoms with Gasteiger partial charge in [-0.25, -0.2) is 0 Å². The second kappa shape index (κ2) is 7.25. The van der Waals surface area contributed by atoms with Gasteiger partial charge >= 0.3 is 0 Å². The summed E-state index contributed by atoms with van der Waals surface area (Å²) in [6.45, 7) is 3.42. The van der Waals surface area contributed by atoms with Gasteiger partial charge in [0.1, 0.15) is 18.5 Å². The Hall–Kier alpha value is -1.10. The van der Waals surface area contributed by atoms with Crippen molar-refractivity contribution in [1.29, 1.82) is 0 Å². The highest BCUT2D eigenvalue weighted by atomic mass is 16.5. The molecule has 0 aromatic heterocycles. The molecule has 0 amide bonds. The average molecular weight is 290 g/mol. The van der Waals surface area contributed by atoms with Crippen LogP contribution in [-0.4, -0.2) is 54.4 Å². The summed E-state index contributed by atoms with van der Waals surface area (Å²) in [6.07, 6.45) is 4.74. The molecular weight excluding hydrogens is 264 g/mol. The lowest BCUT2D eigenvalue weighted by molar-refractivity contribution is 0.0992. The number of piperidine rings is 1. The van der Waals surface area contributed by atoms with Crippen molar-refractivity contribution >= 4 is 0 Å². The monoisotopic (exact) mass is 290 g/mol. The maximum Gasteiger partial charge on any atom is 0.119 e. The maximum absolute atomic E-state index is 10.1. The number of rotatable bonds is 6. The van der Waals surface area contributed by atoms with Crippen LogP contribution < -0.4 is 10.1 Å². The van der Waals surface area contributed by atoms with Crippen molar-refractivity contribution in [3.8, 4) is 5.75 Å². The first kappa shape index (κ1) is 14.8. The number of para-hydroxylation sites is 1. The van der Waals surface area contributed by atoms with Crippen LogP contribution in [0.15, 0.2) is 30.3 Å². The van der Waals surface area contributed by atoms with E-state index in [0.717, 1.165) is 5.75 Å². The third-order valence-electron chi connectivity index (χ3n) is 4.66. The summed E-state index contributed by atoms with van der Waals surface area (Å²) in [7, 11) is 0. The summed E-state index contributed by atoms with van der Waals surface area (Å²) < 4.78 is 5.59. The van der Waals surface area contributed by atoms with Crippen LogP contribution in [0.4, 0.5) is 0 Å². The van der Waals surface area contributed by atoms with Crippen molar-refractivity contribution in [3.63, 3.8) is 0 Å². The molecule has 0 radical (unpaired) electrons. The van der Waals surface area contributed by atoms with Crippen molar-refractivity contribution in [2.75, 3.05) is 26.2 Å². The van der Waals surface area contributed by atoms with E-state index in [0.29, 0.717) is 25.2 Å². The summed E-state index contributed by atoms with van der Waals surface area (Å²) in [5.74, 6) is 0.816. The van der Waals surface area contributed by atoms with E-state index in [4.69, 9.17) is 4.74 Å². The molecule has 1 aromatic carbocycles. The van der Waals surface area contributed by atoms with E-state index in [1.165, 1.54) is 38.8 Å². The van der Waals surface area contributed by atoms with Gasteiger partial charge in [0.05, 0.1) is 0 Å². The summed E-state index contributed by atoms with van der Waals surface area (Å²) in [5.41, 5.74) is 0. The van der Waals surface area contributed by atoms with Gasteiger partial charge in [-0.3, -0.25) is 4.90 Å². The minimum Gasteiger partial charge on any atom is -0.491 e. The first-order chi connectivity index (χ1) is 10.3. The zero-order chi connectivity index (χ0) is 14.5. The van der Waals surface area contributed by atoms with Crippen molar-refractivity contribution < 1.29 is 9.84 Å². The Morgan fingerprint density at radius 1 is 1.19 bits per heavy atom. The van der Waals surface area contributed by atoms with Gasteiger partial charge in [0.15, 0.2) is 0 Å². The number of benzene rings is 1. The number of fused-ring (bicyclic) bond motifs is 1. The summed E-state index contributed by atoms with van der Waals surface area (Å²) in [6, 6.07) is 10.9. The molecule has 4 nitrogen and oxygen atoms in total. The van der Waals surface area contributed by atoms with Crippen molar-refractivity contribution in [2.24, 2.45) is 0 Å². The van der Waals surface area contributed by atoms with E-state index in [1.807, 2.05) is 30.3 Å². The van der Waals surface area contributed by atoms with Crippen molar-refractivity contribution in [1.82, 2.24) is 10.2 Å². The zero-order valence-corrected chi connectivity index (χ0v) is 12.6. The van der Waals surface area contributed by atoms with Gasteiger partial charge in [0.2, 0.25) is 0 Å². The number of nitrogens with zero attached hydrogens (tertiary/aromatic N) is 1. The Labute approximate surface area is 127 Å². The fraction of sp³-hybridized carbons (Fsp3) is 0.647. The molecule has 3 atom stereocenters. The molecule has 3 unspecified atom stereocenters. The van der Waals surface area contributed by atoms with Gasteiger partial charge in [-0.15, -0.1) is 0 Å². The van der Waals surface area contributed by atoms with Crippen LogP contribution in [0.5, 0.6) is 5.75 Å². The molecule has 4 heteroatoms. The van der Waals surface area contributed by atoms with E-state index in [2.05, 4.69) is 10.2 Å². The lowest BCUT2D eigenvalue weighted by Crippen LogP contribution is -2.47. The first-order valence-corrected chi connectivity index (χ1v) is 8.16. The quantitative estimate of drug-likeness (QED) is 0.836. The number of nitrogens with one attached hydrogen (secondary N) is 1. The van der Waals surface area contributed by atoms with Crippen LogP contribution in [0.3, 0.4) is 0 Å². The Balaban J connectivity index is 1.38. The van der Waals surface area contributed by atoms with Crippen LogP contribution >= 0.6 is 0 Å². The highest BCUT2D eigenvalue weighted by molar-refractivity contribution is 5.20. The number of hydrogen-bond donors (Lipinski definition) is 2. The average Bonchev–Trinajstić information content (AvgIpc) is 2.95. The minimum atomic E-state index is -0.456. The molecule has 2 aliphatic heterocycles. The lowest BCUT2D eigenvalue weighted by atomic mass is 9.99. The van der Waals surface area contributed by atoms with E-state index in [1.54, 1.807) is 0 Å². The molecule has 2 N–H and O–H groups in total. The standard InChI is InChI=1S/C17H26N2O2/c20-14(13-21-15-6-2-1-3-7-15)12-18-16-9-11-19-10-5-4-8-17(16)19/h1-3,6-7,14,16-18,20H,4-5,8-13H2. The molecule has 2 heterocycles. The predicted octanol–water partition coefficient (Wildman–Crippen LogP) is 1.64. The van der Waals surface area contributed by atoms with Gasteiger partial charge < -0.3 is 15.2 Å². The molecule has 0 bridgehead atoms. The highest BCUT2D eigenvalue weighted by Gasteiger charge is 2.35. The summed E-state index contributed by atoms with van der Waals surface area (Å²) >= 11 is 0. The molecule has 21 heavy (non-hydrogen) atoms. The van der Waals surface area contributed by atoms with Crippen LogP contribution in [0, 0.1) is 0 Å². The van der Waals surface area contributed by atoms with Crippen LogP contribution in [0.2, 0.25) is 0 Å². The molecule has 2 saturated heterocycles. The van der Waals surface area contributed by atoms with Gasteiger partial charge in [0, 0.05) is 25.2 Å². The van der Waals surface area contributed by atoms with Gasteiger partial charge in [-0.2, -0.15) is 0 Å². The van der Waals surface area contributed by atoms with E-state index in [9.17, 15) is 5.11 Å². The van der Waals surface area contributed by atoms with Crippen LogP contribution in [0.25, 0.3) is 0 Å². The van der Waals surface area contributed by atoms with Gasteiger partial charge in [0.25, 0.3) is 0 Å². The molecule has 2 aliphatic rings.